The van der Waals surface area contributed by atoms with Crippen LogP contribution in [-0.4, -0.2) is 9.55 Å². The first-order chi connectivity index (χ1) is 10.9. The van der Waals surface area contributed by atoms with E-state index >= 15 is 0 Å². The van der Waals surface area contributed by atoms with Gasteiger partial charge in [0.1, 0.15) is 11.6 Å². The monoisotopic (exact) mass is 338 g/mol. The molecular weight excluding hydrogens is 329 g/mol. The van der Waals surface area contributed by atoms with Gasteiger partial charge in [-0.1, -0.05) is 18.5 Å². The molecule has 0 bridgehead atoms. The lowest BCUT2D eigenvalue weighted by Crippen LogP contribution is -2.15. The quantitative estimate of drug-likeness (QED) is 0.661. The van der Waals surface area contributed by atoms with Gasteiger partial charge in [0.25, 0.3) is 0 Å². The fourth-order valence-corrected chi connectivity index (χ4v) is 2.57. The van der Waals surface area contributed by atoms with Crippen LogP contribution in [0.5, 0.6) is 0 Å². The van der Waals surface area contributed by atoms with E-state index in [1.165, 1.54) is 16.7 Å². The minimum atomic E-state index is -0.841. The summed E-state index contributed by atoms with van der Waals surface area (Å²) in [6.07, 6.45) is 0.388. The van der Waals surface area contributed by atoms with Gasteiger partial charge >= 0.3 is 0 Å². The van der Waals surface area contributed by atoms with Crippen molar-refractivity contribution in [2.24, 2.45) is 0 Å². The molecule has 2 aromatic heterocycles. The van der Waals surface area contributed by atoms with E-state index in [-0.39, 0.29) is 16.7 Å². The Hall–Kier alpha value is -2.34. The molecule has 0 amide bonds. The van der Waals surface area contributed by atoms with Crippen LogP contribution < -0.4 is 5.43 Å². The second-order valence-corrected chi connectivity index (χ2v) is 5.27. The Labute approximate surface area is 134 Å². The van der Waals surface area contributed by atoms with E-state index in [1.807, 2.05) is 0 Å². The number of aromatic nitrogens is 2. The van der Waals surface area contributed by atoms with Crippen LogP contribution >= 0.6 is 11.6 Å². The van der Waals surface area contributed by atoms with Gasteiger partial charge < -0.3 is 0 Å². The molecule has 0 fully saturated rings. The summed E-state index contributed by atoms with van der Waals surface area (Å²) in [4.78, 5) is 16.0. The highest BCUT2D eigenvalue weighted by Gasteiger charge is 2.17. The van der Waals surface area contributed by atoms with Gasteiger partial charge in [0, 0.05) is 17.8 Å². The van der Waals surface area contributed by atoms with Crippen LogP contribution in [-0.2, 0) is 6.42 Å². The number of hydrogen-bond donors (Lipinski definition) is 0. The van der Waals surface area contributed by atoms with Crippen LogP contribution in [0.2, 0.25) is 5.15 Å². The van der Waals surface area contributed by atoms with Crippen LogP contribution in [0.15, 0.2) is 35.1 Å². The molecule has 0 aliphatic heterocycles. The van der Waals surface area contributed by atoms with Crippen LogP contribution in [0.3, 0.4) is 0 Å². The largest absolute Gasteiger partial charge is 0.295 e. The highest BCUT2D eigenvalue weighted by Crippen LogP contribution is 2.24. The van der Waals surface area contributed by atoms with E-state index in [1.54, 1.807) is 6.92 Å². The van der Waals surface area contributed by atoms with Gasteiger partial charge in [0.05, 0.1) is 11.1 Å². The predicted molar refractivity (Wildman–Crippen MR) is 81.6 cm³/mol. The van der Waals surface area contributed by atoms with Gasteiger partial charge in [-0.15, -0.1) is 0 Å². The summed E-state index contributed by atoms with van der Waals surface area (Å²) < 4.78 is 42.3. The number of rotatable bonds is 2. The molecule has 7 heteroatoms. The Kier molecular flexibility index (Phi) is 3.85. The lowest BCUT2D eigenvalue weighted by atomic mass is 10.2. The summed E-state index contributed by atoms with van der Waals surface area (Å²) in [5.41, 5.74) is 0.0246. The summed E-state index contributed by atoms with van der Waals surface area (Å²) in [5, 5.41) is -0.464. The molecular formula is C16H10ClF3N2O. The Balaban J connectivity index is 2.49. The molecule has 3 rings (SSSR count). The zero-order chi connectivity index (χ0) is 16.7. The molecule has 3 nitrogen and oxygen atoms in total. The standard InChI is InChI=1S/C16H10ClF3N2O/c1-2-9-6-14(23)10-7-12(20)15(17)21-16(10)22(9)13-4-3-8(18)5-11(13)19/h3-7H,2H2,1H3. The molecule has 0 saturated heterocycles. The summed E-state index contributed by atoms with van der Waals surface area (Å²) in [6.45, 7) is 1.77. The van der Waals surface area contributed by atoms with Crippen LogP contribution in [0.1, 0.15) is 12.6 Å². The van der Waals surface area contributed by atoms with Crippen molar-refractivity contribution in [3.63, 3.8) is 0 Å². The molecule has 0 unspecified atom stereocenters. The second-order valence-electron chi connectivity index (χ2n) is 4.92. The zero-order valence-corrected chi connectivity index (χ0v) is 12.7. The van der Waals surface area contributed by atoms with Gasteiger partial charge in [-0.2, -0.15) is 0 Å². The summed E-state index contributed by atoms with van der Waals surface area (Å²) >= 11 is 5.70. The molecule has 0 aliphatic rings. The maximum absolute atomic E-state index is 14.2. The SMILES string of the molecule is CCc1cc(=O)c2cc(F)c(Cl)nc2n1-c1ccc(F)cc1F. The molecule has 23 heavy (non-hydrogen) atoms. The number of hydrogen-bond acceptors (Lipinski definition) is 2. The first-order valence-corrected chi connectivity index (χ1v) is 7.16. The number of benzene rings is 1. The topological polar surface area (TPSA) is 34.9 Å². The minimum Gasteiger partial charge on any atom is -0.295 e. The summed E-state index contributed by atoms with van der Waals surface area (Å²) in [5.74, 6) is -2.40. The van der Waals surface area contributed by atoms with E-state index in [4.69, 9.17) is 11.6 Å². The lowest BCUT2D eigenvalue weighted by Gasteiger charge is -2.16. The van der Waals surface area contributed by atoms with Crippen molar-refractivity contribution in [1.82, 2.24) is 9.55 Å². The van der Waals surface area contributed by atoms with Gasteiger partial charge in [-0.05, 0) is 24.6 Å². The maximum Gasteiger partial charge on any atom is 0.191 e. The average molecular weight is 339 g/mol. The van der Waals surface area contributed by atoms with E-state index in [0.717, 1.165) is 18.2 Å². The number of halogens is 4. The molecule has 0 N–H and O–H groups in total. The van der Waals surface area contributed by atoms with Gasteiger partial charge in [-0.3, -0.25) is 9.36 Å². The van der Waals surface area contributed by atoms with Crippen LogP contribution in [0.25, 0.3) is 16.7 Å². The highest BCUT2D eigenvalue weighted by atomic mass is 35.5. The Bertz CT molecular complexity index is 985. The number of aryl methyl sites for hydroxylation is 1. The van der Waals surface area contributed by atoms with Crippen molar-refractivity contribution in [1.29, 1.82) is 0 Å². The summed E-state index contributed by atoms with van der Waals surface area (Å²) in [7, 11) is 0. The molecule has 0 aliphatic carbocycles. The molecule has 0 spiro atoms. The number of nitrogens with zero attached hydrogens (tertiary/aromatic N) is 2. The van der Waals surface area contributed by atoms with Crippen LogP contribution in [0, 0.1) is 17.5 Å². The molecule has 118 valence electrons. The van der Waals surface area contributed by atoms with Gasteiger partial charge in [-0.25, -0.2) is 18.2 Å². The Morgan fingerprint density at radius 2 is 1.87 bits per heavy atom. The van der Waals surface area contributed by atoms with Crippen molar-refractivity contribution >= 4 is 22.6 Å². The Morgan fingerprint density at radius 1 is 1.13 bits per heavy atom. The third-order valence-corrected chi connectivity index (χ3v) is 3.75. The van der Waals surface area contributed by atoms with Crippen molar-refractivity contribution in [3.05, 3.63) is 68.9 Å². The lowest BCUT2D eigenvalue weighted by molar-refractivity contribution is 0.577. The van der Waals surface area contributed by atoms with Crippen LogP contribution in [0.4, 0.5) is 13.2 Å². The van der Waals surface area contributed by atoms with Crippen molar-refractivity contribution in [2.75, 3.05) is 0 Å². The van der Waals surface area contributed by atoms with Gasteiger partial charge in [0.2, 0.25) is 0 Å². The zero-order valence-electron chi connectivity index (χ0n) is 11.9. The highest BCUT2D eigenvalue weighted by molar-refractivity contribution is 6.29. The average Bonchev–Trinajstić information content (AvgIpc) is 2.50. The molecule has 0 radical (unpaired) electrons. The third-order valence-electron chi connectivity index (χ3n) is 3.49. The van der Waals surface area contributed by atoms with Crippen molar-refractivity contribution < 1.29 is 13.2 Å². The number of fused-ring (bicyclic) bond motifs is 1. The normalized spacial score (nSPS) is 11.2. The van der Waals surface area contributed by atoms with Crippen molar-refractivity contribution in [3.8, 4) is 5.69 Å². The molecule has 2 heterocycles. The molecule has 0 atom stereocenters. The maximum atomic E-state index is 14.2. The molecule has 1 aromatic carbocycles. The van der Waals surface area contributed by atoms with E-state index < -0.39 is 28.0 Å². The van der Waals surface area contributed by atoms with Crippen molar-refractivity contribution in [2.45, 2.75) is 13.3 Å². The second kappa shape index (κ2) is 5.70. The third kappa shape index (κ3) is 2.59. The predicted octanol–water partition coefficient (Wildman–Crippen LogP) is 4.02. The molecule has 3 aromatic rings. The Morgan fingerprint density at radius 3 is 2.52 bits per heavy atom. The molecule has 0 saturated carbocycles. The first kappa shape index (κ1) is 15.6. The fraction of sp³-hybridized carbons (Fsp3) is 0.125. The fourth-order valence-electron chi connectivity index (χ4n) is 2.43. The van der Waals surface area contributed by atoms with E-state index in [2.05, 4.69) is 4.98 Å². The smallest absolute Gasteiger partial charge is 0.191 e. The summed E-state index contributed by atoms with van der Waals surface area (Å²) in [6, 6.07) is 5.29. The van der Waals surface area contributed by atoms with E-state index in [9.17, 15) is 18.0 Å². The first-order valence-electron chi connectivity index (χ1n) is 6.78. The minimum absolute atomic E-state index is 0.00317. The number of pyridine rings is 2. The van der Waals surface area contributed by atoms with E-state index in [0.29, 0.717) is 12.1 Å². The van der Waals surface area contributed by atoms with Gasteiger partial charge in [0.15, 0.2) is 22.0 Å².